The number of ether oxygens (including phenoxy) is 3. The number of carbonyl (C=O) groups excluding carboxylic acids is 2. The second-order valence-electron chi connectivity index (χ2n) is 7.12. The van der Waals surface area contributed by atoms with Gasteiger partial charge in [-0.1, -0.05) is 0 Å². The van der Waals surface area contributed by atoms with E-state index < -0.39 is 5.91 Å². The van der Waals surface area contributed by atoms with Crippen LogP contribution in [0, 0.1) is 12.7 Å². The highest BCUT2D eigenvalue weighted by Crippen LogP contribution is 2.30. The molecule has 33 heavy (non-hydrogen) atoms. The van der Waals surface area contributed by atoms with E-state index in [-0.39, 0.29) is 23.8 Å². The second kappa shape index (κ2) is 10.6. The van der Waals surface area contributed by atoms with Crippen molar-refractivity contribution in [3.63, 3.8) is 0 Å². The van der Waals surface area contributed by atoms with Crippen LogP contribution in [0.3, 0.4) is 0 Å². The van der Waals surface area contributed by atoms with Crippen LogP contribution < -0.4 is 19.5 Å². The molecule has 0 saturated heterocycles. The summed E-state index contributed by atoms with van der Waals surface area (Å²) < 4.78 is 29.7. The van der Waals surface area contributed by atoms with Crippen LogP contribution in [0.15, 0.2) is 48.5 Å². The maximum atomic E-state index is 13.7. The predicted octanol–water partition coefficient (Wildman–Crippen LogP) is 4.22. The van der Waals surface area contributed by atoms with E-state index in [9.17, 15) is 14.0 Å². The number of carbonyl (C=O) groups is 2. The Morgan fingerprint density at radius 3 is 2.36 bits per heavy atom. The van der Waals surface area contributed by atoms with Gasteiger partial charge in [0.1, 0.15) is 23.0 Å². The van der Waals surface area contributed by atoms with Crippen molar-refractivity contribution in [1.82, 2.24) is 10.3 Å². The summed E-state index contributed by atoms with van der Waals surface area (Å²) in [4.78, 5) is 29.7. The molecule has 0 saturated carbocycles. The van der Waals surface area contributed by atoms with Crippen LogP contribution in [0.25, 0.3) is 11.3 Å². The molecule has 0 aliphatic carbocycles. The molecule has 7 nitrogen and oxygen atoms in total. The lowest BCUT2D eigenvalue weighted by Crippen LogP contribution is -2.30. The van der Waals surface area contributed by atoms with Crippen molar-refractivity contribution in [1.29, 1.82) is 0 Å². The number of methoxy groups -OCH3 is 2. The molecular weight excluding hydrogens is 427 g/mol. The number of aryl methyl sites for hydroxylation is 1. The molecule has 0 bridgehead atoms. The van der Waals surface area contributed by atoms with Gasteiger partial charge in [-0.15, -0.1) is 0 Å². The molecule has 3 aromatic rings. The Labute approximate surface area is 191 Å². The molecule has 0 unspecified atom stereocenters. The zero-order chi connectivity index (χ0) is 24.0. The first-order valence-corrected chi connectivity index (χ1v) is 10.3. The van der Waals surface area contributed by atoms with Crippen molar-refractivity contribution in [3.05, 3.63) is 71.2 Å². The Kier molecular flexibility index (Phi) is 7.61. The lowest BCUT2D eigenvalue weighted by atomic mass is 10.1. The summed E-state index contributed by atoms with van der Waals surface area (Å²) in [5, 5.41) is 2.60. The van der Waals surface area contributed by atoms with Crippen molar-refractivity contribution in [2.45, 2.75) is 13.8 Å². The van der Waals surface area contributed by atoms with Gasteiger partial charge < -0.3 is 19.5 Å². The topological polar surface area (TPSA) is 86.8 Å². The summed E-state index contributed by atoms with van der Waals surface area (Å²) in [6, 6.07) is 12.5. The van der Waals surface area contributed by atoms with Crippen LogP contribution in [0.4, 0.5) is 4.39 Å². The molecule has 0 fully saturated rings. The minimum absolute atomic E-state index is 0.150. The van der Waals surface area contributed by atoms with E-state index in [1.54, 1.807) is 43.3 Å². The van der Waals surface area contributed by atoms with Gasteiger partial charge in [-0.3, -0.25) is 9.59 Å². The molecule has 3 rings (SSSR count). The van der Waals surface area contributed by atoms with Crippen LogP contribution in [0.5, 0.6) is 17.2 Å². The van der Waals surface area contributed by atoms with E-state index in [0.717, 1.165) is 0 Å². The zero-order valence-corrected chi connectivity index (χ0v) is 18.9. The number of halogens is 1. The number of rotatable bonds is 9. The highest BCUT2D eigenvalue weighted by Gasteiger charge is 2.17. The highest BCUT2D eigenvalue weighted by molar-refractivity contribution is 6.01. The summed E-state index contributed by atoms with van der Waals surface area (Å²) in [6.45, 7) is 3.70. The summed E-state index contributed by atoms with van der Waals surface area (Å²) in [7, 11) is 2.97. The van der Waals surface area contributed by atoms with Gasteiger partial charge in [0, 0.05) is 11.1 Å². The van der Waals surface area contributed by atoms with Crippen LogP contribution >= 0.6 is 0 Å². The molecule has 1 aromatic heterocycles. The third-order valence-corrected chi connectivity index (χ3v) is 4.93. The van der Waals surface area contributed by atoms with Crippen LogP contribution in [0.1, 0.15) is 33.3 Å². The number of hydrogen-bond donors (Lipinski definition) is 1. The van der Waals surface area contributed by atoms with Crippen molar-refractivity contribution >= 4 is 11.7 Å². The number of pyridine rings is 1. The van der Waals surface area contributed by atoms with E-state index in [2.05, 4.69) is 10.3 Å². The average Bonchev–Trinajstić information content (AvgIpc) is 2.84. The molecule has 0 spiro atoms. The van der Waals surface area contributed by atoms with Crippen molar-refractivity contribution < 1.29 is 28.2 Å². The highest BCUT2D eigenvalue weighted by atomic mass is 19.1. The fraction of sp³-hybridized carbons (Fsp3) is 0.240. The van der Waals surface area contributed by atoms with Gasteiger partial charge in [0.25, 0.3) is 5.91 Å². The number of amides is 1. The van der Waals surface area contributed by atoms with E-state index in [1.165, 1.54) is 26.4 Å². The summed E-state index contributed by atoms with van der Waals surface area (Å²) in [6.07, 6.45) is 0. The molecule has 0 atom stereocenters. The minimum Gasteiger partial charge on any atom is -0.494 e. The molecule has 0 aliphatic rings. The Bertz CT molecular complexity index is 1180. The van der Waals surface area contributed by atoms with E-state index >= 15 is 0 Å². The number of Topliss-reactive ketones (excluding diaryl/α,β-unsaturated/α-hetero) is 1. The minimum atomic E-state index is -0.437. The average molecular weight is 452 g/mol. The number of nitrogens with zero attached hydrogens (tertiary/aromatic N) is 1. The fourth-order valence-corrected chi connectivity index (χ4v) is 3.20. The molecule has 1 N–H and O–H groups in total. The monoisotopic (exact) mass is 452 g/mol. The van der Waals surface area contributed by atoms with Crippen LogP contribution in [-0.4, -0.2) is 44.0 Å². The lowest BCUT2D eigenvalue weighted by molar-refractivity contribution is 0.0902. The van der Waals surface area contributed by atoms with Gasteiger partial charge in [-0.05, 0) is 67.9 Å². The smallest absolute Gasteiger partial charge is 0.251 e. The normalized spacial score (nSPS) is 10.5. The number of aromatic nitrogens is 1. The Morgan fingerprint density at radius 2 is 1.70 bits per heavy atom. The quantitative estimate of drug-likeness (QED) is 0.489. The first-order valence-electron chi connectivity index (χ1n) is 10.3. The first-order chi connectivity index (χ1) is 15.9. The van der Waals surface area contributed by atoms with E-state index in [4.69, 9.17) is 14.2 Å². The first kappa shape index (κ1) is 23.7. The molecule has 8 heteroatoms. The maximum Gasteiger partial charge on any atom is 0.251 e. The van der Waals surface area contributed by atoms with Crippen molar-refractivity contribution in [3.8, 4) is 28.5 Å². The van der Waals surface area contributed by atoms with Gasteiger partial charge >= 0.3 is 0 Å². The molecule has 172 valence electrons. The lowest BCUT2D eigenvalue weighted by Gasteiger charge is -2.12. The molecule has 1 heterocycles. The number of ketones is 1. The Hall–Kier alpha value is -3.94. The summed E-state index contributed by atoms with van der Waals surface area (Å²) in [5.74, 6) is 0.240. The van der Waals surface area contributed by atoms with Gasteiger partial charge in [0.05, 0.1) is 27.4 Å². The third kappa shape index (κ3) is 5.46. The van der Waals surface area contributed by atoms with Crippen molar-refractivity contribution in [2.75, 3.05) is 27.4 Å². The van der Waals surface area contributed by atoms with E-state index in [0.29, 0.717) is 46.2 Å². The largest absolute Gasteiger partial charge is 0.494 e. The van der Waals surface area contributed by atoms with Gasteiger partial charge in [-0.25, -0.2) is 9.37 Å². The summed E-state index contributed by atoms with van der Waals surface area (Å²) in [5.41, 5.74) is 1.96. The van der Waals surface area contributed by atoms with Crippen LogP contribution in [0.2, 0.25) is 0 Å². The van der Waals surface area contributed by atoms with Crippen LogP contribution in [-0.2, 0) is 0 Å². The predicted molar refractivity (Wildman–Crippen MR) is 122 cm³/mol. The molecule has 1 amide bonds. The third-order valence-electron chi connectivity index (χ3n) is 4.93. The van der Waals surface area contributed by atoms with Gasteiger partial charge in [0.2, 0.25) is 0 Å². The van der Waals surface area contributed by atoms with Crippen molar-refractivity contribution in [2.24, 2.45) is 0 Å². The number of nitrogens with one attached hydrogen (secondary N) is 1. The molecule has 2 aromatic carbocycles. The number of hydrogen-bond acceptors (Lipinski definition) is 6. The standard InChI is InChI=1S/C25H25FN2O5/c1-5-33-21-10-7-17(13-23(21)32-4)25(30)27-14-20(29)19-9-11-22(31-3)24(28-19)16-6-8-18(26)15(2)12-16/h6-13H,5,14H2,1-4H3,(H,27,30). The summed E-state index contributed by atoms with van der Waals surface area (Å²) >= 11 is 0. The molecule has 0 aliphatic heterocycles. The number of benzene rings is 2. The second-order valence-corrected chi connectivity index (χ2v) is 7.12. The SMILES string of the molecule is CCOc1ccc(C(=O)NCC(=O)c2ccc(OC)c(-c3ccc(F)c(C)c3)n2)cc1OC. The van der Waals surface area contributed by atoms with E-state index in [1.807, 2.05) is 6.92 Å². The van der Waals surface area contributed by atoms with Gasteiger partial charge in [-0.2, -0.15) is 0 Å². The van der Waals surface area contributed by atoms with Gasteiger partial charge in [0.15, 0.2) is 17.3 Å². The molecular formula is C25H25FN2O5. The zero-order valence-electron chi connectivity index (χ0n) is 18.9. The Balaban J connectivity index is 1.76. The maximum absolute atomic E-state index is 13.7. The Morgan fingerprint density at radius 1 is 0.970 bits per heavy atom. The molecule has 0 radical (unpaired) electrons. The fourth-order valence-electron chi connectivity index (χ4n) is 3.20.